The quantitative estimate of drug-likeness (QED) is 0.505. The molecule has 0 amide bonds. The maximum Gasteiger partial charge on any atom is 0.278 e. The van der Waals surface area contributed by atoms with Crippen LogP contribution in [0, 0.1) is 10.1 Å². The number of aliphatic hydroxyl groups is 1. The number of halogens is 2. The van der Waals surface area contributed by atoms with Crippen LogP contribution in [0.25, 0.3) is 0 Å². The number of nitrogens with two attached hydrogens (primary N) is 1. The molecule has 3 N–H and O–H groups in total. The van der Waals surface area contributed by atoms with Gasteiger partial charge in [0.25, 0.3) is 12.1 Å². The van der Waals surface area contributed by atoms with Crippen LogP contribution in [0.15, 0.2) is 18.2 Å². The zero-order valence-electron chi connectivity index (χ0n) is 10.8. The fourth-order valence-electron chi connectivity index (χ4n) is 2.56. The molecule has 1 aliphatic rings. The molecule has 2 rings (SSSR count). The van der Waals surface area contributed by atoms with E-state index in [2.05, 4.69) is 0 Å². The molecule has 1 aliphatic carbocycles. The Morgan fingerprint density at radius 2 is 1.95 bits per heavy atom. The number of quaternary nitrogens is 1. The molecule has 20 heavy (non-hydrogen) atoms. The van der Waals surface area contributed by atoms with Crippen LogP contribution in [0.4, 0.5) is 20.2 Å². The van der Waals surface area contributed by atoms with Crippen molar-refractivity contribution in [1.82, 2.24) is 0 Å². The number of hydrogen-bond donors (Lipinski definition) is 2. The van der Waals surface area contributed by atoms with Gasteiger partial charge in [-0.25, -0.2) is 8.78 Å². The molecule has 0 saturated heterocycles. The zero-order valence-corrected chi connectivity index (χ0v) is 10.8. The Balaban J connectivity index is 2.13. The number of nitro benzene ring substituents is 1. The van der Waals surface area contributed by atoms with E-state index in [0.717, 1.165) is 18.9 Å². The topological polar surface area (TPSA) is 80.0 Å². The van der Waals surface area contributed by atoms with E-state index in [0.29, 0.717) is 18.5 Å². The Kier molecular flexibility index (Phi) is 4.61. The highest BCUT2D eigenvalue weighted by molar-refractivity contribution is 5.48. The molecule has 0 aromatic heterocycles. The third-order valence-electron chi connectivity index (χ3n) is 3.65. The lowest BCUT2D eigenvalue weighted by atomic mass is 9.93. The standard InChI is InChI=1S/C13H16F2N2O3/c14-13(15)11-7-9(3-6-12(11)17(19)20)16-8-1-4-10(18)5-2-8/h3,6-8,10,13,16,18H,1-2,4-5H2/p+1. The van der Waals surface area contributed by atoms with E-state index in [1.54, 1.807) is 0 Å². The van der Waals surface area contributed by atoms with Crippen molar-refractivity contribution in [3.63, 3.8) is 0 Å². The van der Waals surface area contributed by atoms with Crippen molar-refractivity contribution in [2.75, 3.05) is 0 Å². The monoisotopic (exact) mass is 287 g/mol. The van der Waals surface area contributed by atoms with Gasteiger partial charge in [-0.05, 0) is 12.8 Å². The Hall–Kier alpha value is -1.60. The summed E-state index contributed by atoms with van der Waals surface area (Å²) in [5, 5.41) is 22.0. The number of hydrogen-bond acceptors (Lipinski definition) is 3. The summed E-state index contributed by atoms with van der Waals surface area (Å²) >= 11 is 0. The van der Waals surface area contributed by atoms with E-state index in [9.17, 15) is 24.0 Å². The van der Waals surface area contributed by atoms with Crippen molar-refractivity contribution in [1.29, 1.82) is 0 Å². The van der Waals surface area contributed by atoms with Gasteiger partial charge in [0.2, 0.25) is 0 Å². The highest BCUT2D eigenvalue weighted by Gasteiger charge is 2.26. The van der Waals surface area contributed by atoms with Gasteiger partial charge in [-0.1, -0.05) is 0 Å². The van der Waals surface area contributed by atoms with Gasteiger partial charge in [-0.3, -0.25) is 10.1 Å². The largest absolute Gasteiger partial charge is 0.393 e. The maximum absolute atomic E-state index is 12.8. The molecule has 0 aliphatic heterocycles. The van der Waals surface area contributed by atoms with Crippen molar-refractivity contribution < 1.29 is 24.1 Å². The molecule has 0 bridgehead atoms. The maximum atomic E-state index is 12.8. The molecule has 7 heteroatoms. The zero-order chi connectivity index (χ0) is 14.7. The highest BCUT2D eigenvalue weighted by atomic mass is 19.3. The molecule has 0 spiro atoms. The van der Waals surface area contributed by atoms with Gasteiger partial charge in [0.05, 0.1) is 17.1 Å². The third kappa shape index (κ3) is 3.49. The average Bonchev–Trinajstić information content (AvgIpc) is 2.41. The second-order valence-electron chi connectivity index (χ2n) is 5.11. The van der Waals surface area contributed by atoms with Gasteiger partial charge in [-0.15, -0.1) is 0 Å². The molecular weight excluding hydrogens is 270 g/mol. The van der Waals surface area contributed by atoms with E-state index in [1.165, 1.54) is 12.1 Å². The minimum atomic E-state index is -2.86. The van der Waals surface area contributed by atoms with Crippen molar-refractivity contribution in [3.8, 4) is 0 Å². The molecular formula is C13H17F2N2O3+. The predicted octanol–water partition coefficient (Wildman–Crippen LogP) is 2.03. The summed E-state index contributed by atoms with van der Waals surface area (Å²) in [5.41, 5.74) is -0.511. The number of nitrogens with zero attached hydrogens (tertiary/aromatic N) is 1. The lowest BCUT2D eigenvalue weighted by Crippen LogP contribution is -2.85. The molecule has 1 aromatic carbocycles. The minimum absolute atomic E-state index is 0.227. The molecule has 0 unspecified atom stereocenters. The summed E-state index contributed by atoms with van der Waals surface area (Å²) in [6.45, 7) is 0. The predicted molar refractivity (Wildman–Crippen MR) is 67.9 cm³/mol. The number of benzene rings is 1. The first kappa shape index (κ1) is 14.8. The van der Waals surface area contributed by atoms with Crippen molar-refractivity contribution in [3.05, 3.63) is 33.9 Å². The molecule has 110 valence electrons. The van der Waals surface area contributed by atoms with Crippen LogP contribution >= 0.6 is 0 Å². The molecule has 5 nitrogen and oxygen atoms in total. The van der Waals surface area contributed by atoms with Gasteiger partial charge in [0, 0.05) is 31.0 Å². The fourth-order valence-corrected chi connectivity index (χ4v) is 2.56. The van der Waals surface area contributed by atoms with Gasteiger partial charge < -0.3 is 10.4 Å². The van der Waals surface area contributed by atoms with Crippen LogP contribution < -0.4 is 5.32 Å². The van der Waals surface area contributed by atoms with Gasteiger partial charge in [0.15, 0.2) is 0 Å². The smallest absolute Gasteiger partial charge is 0.278 e. The summed E-state index contributed by atoms with van der Waals surface area (Å²) in [7, 11) is 0. The van der Waals surface area contributed by atoms with E-state index in [4.69, 9.17) is 0 Å². The van der Waals surface area contributed by atoms with Crippen LogP contribution in [-0.4, -0.2) is 22.2 Å². The molecule has 1 aromatic rings. The fraction of sp³-hybridized carbons (Fsp3) is 0.538. The second kappa shape index (κ2) is 6.23. The molecule has 0 heterocycles. The van der Waals surface area contributed by atoms with Crippen LogP contribution in [0.2, 0.25) is 0 Å². The summed E-state index contributed by atoms with van der Waals surface area (Å²) < 4.78 is 25.7. The summed E-state index contributed by atoms with van der Waals surface area (Å²) in [6, 6.07) is 4.04. The second-order valence-corrected chi connectivity index (χ2v) is 5.11. The Labute approximate surface area is 114 Å². The van der Waals surface area contributed by atoms with E-state index < -0.39 is 22.6 Å². The lowest BCUT2D eigenvalue weighted by Gasteiger charge is -2.23. The average molecular weight is 287 g/mol. The normalized spacial score (nSPS) is 23.0. The van der Waals surface area contributed by atoms with Crippen molar-refractivity contribution in [2.45, 2.75) is 44.3 Å². The molecule has 0 atom stereocenters. The minimum Gasteiger partial charge on any atom is -0.393 e. The number of rotatable bonds is 4. The number of aliphatic hydroxyl groups excluding tert-OH is 1. The first-order chi connectivity index (χ1) is 9.47. The molecule has 1 saturated carbocycles. The molecule has 0 radical (unpaired) electrons. The Morgan fingerprint density at radius 1 is 1.30 bits per heavy atom. The van der Waals surface area contributed by atoms with Crippen LogP contribution in [-0.2, 0) is 0 Å². The van der Waals surface area contributed by atoms with Crippen LogP contribution in [0.5, 0.6) is 0 Å². The van der Waals surface area contributed by atoms with Gasteiger partial charge in [-0.2, -0.15) is 0 Å². The van der Waals surface area contributed by atoms with Crippen molar-refractivity contribution in [2.24, 2.45) is 0 Å². The Bertz CT molecular complexity index is 489. The van der Waals surface area contributed by atoms with Crippen LogP contribution in [0.1, 0.15) is 37.7 Å². The number of nitro groups is 1. The first-order valence-electron chi connectivity index (χ1n) is 6.57. The van der Waals surface area contributed by atoms with E-state index in [-0.39, 0.29) is 12.1 Å². The van der Waals surface area contributed by atoms with Gasteiger partial charge >= 0.3 is 0 Å². The SMILES string of the molecule is O=[N+]([O-])c1ccc([NH2+]C2CCC(O)CC2)cc1C(F)F. The lowest BCUT2D eigenvalue weighted by molar-refractivity contribution is -0.615. The summed E-state index contributed by atoms with van der Waals surface area (Å²) in [6.07, 6.45) is -0.110. The van der Waals surface area contributed by atoms with E-state index >= 15 is 0 Å². The Morgan fingerprint density at radius 3 is 2.50 bits per heavy atom. The number of alkyl halides is 2. The summed E-state index contributed by atoms with van der Waals surface area (Å²) in [5.74, 6) is 0. The summed E-state index contributed by atoms with van der Waals surface area (Å²) in [4.78, 5) is 9.91. The van der Waals surface area contributed by atoms with Gasteiger partial charge in [0.1, 0.15) is 11.3 Å². The van der Waals surface area contributed by atoms with Crippen LogP contribution in [0.3, 0.4) is 0 Å². The highest BCUT2D eigenvalue weighted by Crippen LogP contribution is 2.30. The first-order valence-corrected chi connectivity index (χ1v) is 6.57. The molecule has 1 fully saturated rings. The van der Waals surface area contributed by atoms with E-state index in [1.807, 2.05) is 5.32 Å². The van der Waals surface area contributed by atoms with Crippen molar-refractivity contribution >= 4 is 11.4 Å². The third-order valence-corrected chi connectivity index (χ3v) is 3.65.